The third-order valence-electron chi connectivity index (χ3n) is 4.85. The van der Waals surface area contributed by atoms with Crippen LogP contribution < -0.4 is 10.1 Å². The highest BCUT2D eigenvalue weighted by Crippen LogP contribution is 2.32. The van der Waals surface area contributed by atoms with Crippen LogP contribution in [0, 0.1) is 20.8 Å². The molecule has 1 amide bonds. The second kappa shape index (κ2) is 9.28. The second-order valence-electron chi connectivity index (χ2n) is 7.37. The first-order valence-corrected chi connectivity index (χ1v) is 9.80. The largest absolute Gasteiger partial charge is 0.508 e. The number of hydrogen-bond acceptors (Lipinski definition) is 3. The number of benzene rings is 3. The molecule has 0 radical (unpaired) electrons. The summed E-state index contributed by atoms with van der Waals surface area (Å²) in [5.74, 6) is 1.73. The maximum atomic E-state index is 12.3. The average Bonchev–Trinajstić information content (AvgIpc) is 2.68. The van der Waals surface area contributed by atoms with Gasteiger partial charge >= 0.3 is 0 Å². The molecule has 0 aromatic heterocycles. The van der Waals surface area contributed by atoms with E-state index in [9.17, 15) is 9.90 Å². The van der Waals surface area contributed by atoms with Crippen molar-refractivity contribution >= 4 is 5.91 Å². The molecule has 0 aliphatic carbocycles. The van der Waals surface area contributed by atoms with Gasteiger partial charge in [0.05, 0.1) is 6.42 Å². The predicted octanol–water partition coefficient (Wildman–Crippen LogP) is 5.01. The van der Waals surface area contributed by atoms with Gasteiger partial charge in [-0.25, -0.2) is 0 Å². The molecule has 3 rings (SSSR count). The van der Waals surface area contributed by atoms with Gasteiger partial charge in [-0.2, -0.15) is 0 Å². The second-order valence-corrected chi connectivity index (χ2v) is 7.37. The first kappa shape index (κ1) is 20.5. The van der Waals surface area contributed by atoms with Gasteiger partial charge in [-0.15, -0.1) is 0 Å². The molecule has 0 spiro atoms. The summed E-state index contributed by atoms with van der Waals surface area (Å²) in [6.07, 6.45) is 1.17. The maximum Gasteiger partial charge on any atom is 0.224 e. The third kappa shape index (κ3) is 5.61. The first-order valence-electron chi connectivity index (χ1n) is 9.80. The first-order chi connectivity index (χ1) is 13.9. The van der Waals surface area contributed by atoms with Crippen LogP contribution in [-0.2, 0) is 17.6 Å². The normalized spacial score (nSPS) is 10.6. The Balaban J connectivity index is 1.60. The number of rotatable bonds is 7. The Labute approximate surface area is 172 Å². The smallest absolute Gasteiger partial charge is 0.224 e. The summed E-state index contributed by atoms with van der Waals surface area (Å²) in [6, 6.07) is 19.3. The summed E-state index contributed by atoms with van der Waals surface area (Å²) in [6.45, 7) is 6.42. The molecule has 2 N–H and O–H groups in total. The highest BCUT2D eigenvalue weighted by Gasteiger charge is 2.11. The van der Waals surface area contributed by atoms with Crippen molar-refractivity contribution in [3.05, 3.63) is 88.5 Å². The lowest BCUT2D eigenvalue weighted by molar-refractivity contribution is -0.120. The van der Waals surface area contributed by atoms with Crippen molar-refractivity contribution in [3.63, 3.8) is 0 Å². The number of carbonyl (C=O) groups excluding carboxylic acids is 1. The van der Waals surface area contributed by atoms with Crippen LogP contribution in [0.15, 0.2) is 60.7 Å². The number of aromatic hydroxyl groups is 1. The zero-order chi connectivity index (χ0) is 20.8. The van der Waals surface area contributed by atoms with Crippen molar-refractivity contribution in [1.82, 2.24) is 5.32 Å². The van der Waals surface area contributed by atoms with Crippen molar-refractivity contribution in [1.29, 1.82) is 0 Å². The van der Waals surface area contributed by atoms with E-state index in [1.54, 1.807) is 12.1 Å². The molecule has 0 aliphatic heterocycles. The van der Waals surface area contributed by atoms with E-state index in [1.807, 2.05) is 57.2 Å². The summed E-state index contributed by atoms with van der Waals surface area (Å²) in [7, 11) is 0. The average molecular weight is 389 g/mol. The molecule has 0 bridgehead atoms. The number of hydrogen-bond donors (Lipinski definition) is 2. The van der Waals surface area contributed by atoms with Gasteiger partial charge in [0.25, 0.3) is 0 Å². The van der Waals surface area contributed by atoms with E-state index in [0.717, 1.165) is 34.4 Å². The van der Waals surface area contributed by atoms with Crippen LogP contribution in [-0.4, -0.2) is 17.6 Å². The van der Waals surface area contributed by atoms with Gasteiger partial charge in [0, 0.05) is 6.54 Å². The third-order valence-corrected chi connectivity index (χ3v) is 4.85. The number of phenolic OH excluding ortho intramolecular Hbond substituents is 1. The molecular weight excluding hydrogens is 362 g/mol. The molecule has 150 valence electrons. The van der Waals surface area contributed by atoms with Gasteiger partial charge < -0.3 is 15.2 Å². The quantitative estimate of drug-likeness (QED) is 0.597. The highest BCUT2D eigenvalue weighted by atomic mass is 16.5. The Morgan fingerprint density at radius 3 is 2.24 bits per heavy atom. The lowest BCUT2D eigenvalue weighted by atomic mass is 10.0. The Bertz CT molecular complexity index is 973. The van der Waals surface area contributed by atoms with E-state index in [1.165, 1.54) is 5.56 Å². The summed E-state index contributed by atoms with van der Waals surface area (Å²) in [5, 5.41) is 12.7. The van der Waals surface area contributed by atoms with Crippen LogP contribution in [0.4, 0.5) is 0 Å². The van der Waals surface area contributed by atoms with Crippen LogP contribution >= 0.6 is 0 Å². The van der Waals surface area contributed by atoms with Gasteiger partial charge in [-0.05, 0) is 73.2 Å². The fraction of sp³-hybridized carbons (Fsp3) is 0.240. The van der Waals surface area contributed by atoms with E-state index in [0.29, 0.717) is 18.7 Å². The van der Waals surface area contributed by atoms with Crippen molar-refractivity contribution in [2.75, 3.05) is 6.54 Å². The number of carbonyl (C=O) groups is 1. The Hall–Kier alpha value is -3.27. The summed E-state index contributed by atoms with van der Waals surface area (Å²) in [4.78, 5) is 12.3. The Morgan fingerprint density at radius 1 is 0.897 bits per heavy atom. The fourth-order valence-corrected chi connectivity index (χ4v) is 3.35. The van der Waals surface area contributed by atoms with Crippen molar-refractivity contribution in [3.8, 4) is 17.2 Å². The van der Waals surface area contributed by atoms with Crippen LogP contribution in [0.3, 0.4) is 0 Å². The van der Waals surface area contributed by atoms with Crippen LogP contribution in [0.2, 0.25) is 0 Å². The van der Waals surface area contributed by atoms with E-state index in [2.05, 4.69) is 17.4 Å². The van der Waals surface area contributed by atoms with Crippen LogP contribution in [0.5, 0.6) is 17.2 Å². The monoisotopic (exact) mass is 389 g/mol. The zero-order valence-electron chi connectivity index (χ0n) is 17.2. The molecule has 4 nitrogen and oxygen atoms in total. The van der Waals surface area contributed by atoms with Gasteiger partial charge in [0.2, 0.25) is 5.91 Å². The molecule has 29 heavy (non-hydrogen) atoms. The molecule has 0 fully saturated rings. The van der Waals surface area contributed by atoms with Crippen molar-refractivity contribution in [2.24, 2.45) is 0 Å². The molecule has 0 atom stereocenters. The minimum Gasteiger partial charge on any atom is -0.508 e. The Kier molecular flexibility index (Phi) is 6.55. The number of phenols is 1. The van der Waals surface area contributed by atoms with Gasteiger partial charge in [-0.3, -0.25) is 4.79 Å². The van der Waals surface area contributed by atoms with Gasteiger partial charge in [-0.1, -0.05) is 42.5 Å². The molecule has 0 heterocycles. The molecule has 0 unspecified atom stereocenters. The molecule has 4 heteroatoms. The molecule has 3 aromatic carbocycles. The summed E-state index contributed by atoms with van der Waals surface area (Å²) in [5.41, 5.74) is 4.89. The van der Waals surface area contributed by atoms with Gasteiger partial charge in [0.1, 0.15) is 17.2 Å². The number of nitrogens with one attached hydrogen (secondary N) is 1. The number of aryl methyl sites for hydroxylation is 3. The minimum absolute atomic E-state index is 0.0163. The van der Waals surface area contributed by atoms with E-state index < -0.39 is 0 Å². The molecule has 0 aliphatic rings. The van der Waals surface area contributed by atoms with Crippen LogP contribution in [0.25, 0.3) is 0 Å². The number of ether oxygens (including phenoxy) is 1. The SMILES string of the molecule is Cc1cc(Oc2c(C)cc(CC(=O)NCCc3ccccc3)cc2C)ccc1O. The number of amides is 1. The Morgan fingerprint density at radius 2 is 1.59 bits per heavy atom. The molecule has 0 saturated heterocycles. The van der Waals surface area contributed by atoms with Crippen LogP contribution in [0.1, 0.15) is 27.8 Å². The van der Waals surface area contributed by atoms with Crippen molar-refractivity contribution in [2.45, 2.75) is 33.6 Å². The van der Waals surface area contributed by atoms with Crippen molar-refractivity contribution < 1.29 is 14.6 Å². The predicted molar refractivity (Wildman–Crippen MR) is 116 cm³/mol. The topological polar surface area (TPSA) is 58.6 Å². The summed E-state index contributed by atoms with van der Waals surface area (Å²) >= 11 is 0. The maximum absolute atomic E-state index is 12.3. The summed E-state index contributed by atoms with van der Waals surface area (Å²) < 4.78 is 6.04. The van der Waals surface area contributed by atoms with E-state index >= 15 is 0 Å². The minimum atomic E-state index is 0.0163. The lowest BCUT2D eigenvalue weighted by Gasteiger charge is -2.14. The molecule has 3 aromatic rings. The molecule has 0 saturated carbocycles. The van der Waals surface area contributed by atoms with Gasteiger partial charge in [0.15, 0.2) is 0 Å². The molecular formula is C25H27NO3. The van der Waals surface area contributed by atoms with E-state index in [4.69, 9.17) is 4.74 Å². The lowest BCUT2D eigenvalue weighted by Crippen LogP contribution is -2.27. The van der Waals surface area contributed by atoms with E-state index in [-0.39, 0.29) is 11.7 Å². The fourth-order valence-electron chi connectivity index (χ4n) is 3.35. The standard InChI is InChI=1S/C25H27NO3/c1-17-15-22(9-10-23(17)27)29-25-18(2)13-21(14-19(25)3)16-24(28)26-12-11-20-7-5-4-6-8-20/h4-10,13-15,27H,11-12,16H2,1-3H3,(H,26,28). The zero-order valence-corrected chi connectivity index (χ0v) is 17.2. The highest BCUT2D eigenvalue weighted by molar-refractivity contribution is 5.78.